The van der Waals surface area contributed by atoms with Crippen LogP contribution in [0.2, 0.25) is 0 Å². The fourth-order valence-electron chi connectivity index (χ4n) is 4.05. The molecule has 0 bridgehead atoms. The number of nitrogens with zero attached hydrogens (tertiary/aromatic N) is 2. The molecule has 1 saturated carbocycles. The van der Waals surface area contributed by atoms with Crippen LogP contribution in [0.5, 0.6) is 0 Å². The highest BCUT2D eigenvalue weighted by Gasteiger charge is 2.33. The maximum Gasteiger partial charge on any atom is 0.224 e. The number of carbonyl (C=O) groups is 1. The molecule has 0 spiro atoms. The normalized spacial score (nSPS) is 19.8. The topological polar surface area (TPSA) is 66.0 Å². The van der Waals surface area contributed by atoms with Crippen LogP contribution in [0.3, 0.4) is 0 Å². The molecule has 0 aromatic rings. The maximum atomic E-state index is 12.2. The van der Waals surface area contributed by atoms with Crippen molar-refractivity contribution in [1.82, 2.24) is 15.5 Å². The number of ether oxygens (including phenoxy) is 1. The van der Waals surface area contributed by atoms with E-state index in [1.54, 1.807) is 0 Å². The van der Waals surface area contributed by atoms with Gasteiger partial charge in [0, 0.05) is 52.4 Å². The standard InChI is InChI=1S/C20H38N4O2/c1-3-21-19(22-13-9-18(25)24-14-7-8-15-24)23-17-20(10-5-6-11-20)12-16-26-4-2/h3-17H2,1-2H3,(H2,21,22,23). The number of aliphatic imine (C=N–C) groups is 1. The van der Waals surface area contributed by atoms with Gasteiger partial charge in [-0.25, -0.2) is 0 Å². The van der Waals surface area contributed by atoms with Crippen molar-refractivity contribution in [3.8, 4) is 0 Å². The minimum absolute atomic E-state index is 0.259. The van der Waals surface area contributed by atoms with Gasteiger partial charge in [-0.05, 0) is 51.4 Å². The van der Waals surface area contributed by atoms with E-state index in [-0.39, 0.29) is 5.91 Å². The van der Waals surface area contributed by atoms with E-state index in [1.165, 1.54) is 25.7 Å². The highest BCUT2D eigenvalue weighted by Crippen LogP contribution is 2.41. The number of guanidine groups is 1. The Morgan fingerprint density at radius 3 is 2.50 bits per heavy atom. The number of nitrogens with one attached hydrogen (secondary N) is 2. The van der Waals surface area contributed by atoms with Gasteiger partial charge in [0.05, 0.1) is 0 Å². The molecule has 1 aliphatic carbocycles. The summed E-state index contributed by atoms with van der Waals surface area (Å²) in [7, 11) is 0. The fourth-order valence-corrected chi connectivity index (χ4v) is 4.05. The number of likely N-dealkylation sites (tertiary alicyclic amines) is 1. The molecule has 2 aliphatic rings. The molecule has 2 N–H and O–H groups in total. The zero-order valence-corrected chi connectivity index (χ0v) is 16.8. The summed E-state index contributed by atoms with van der Waals surface area (Å²) in [4.78, 5) is 19.0. The Morgan fingerprint density at radius 1 is 1.12 bits per heavy atom. The summed E-state index contributed by atoms with van der Waals surface area (Å²) >= 11 is 0. The van der Waals surface area contributed by atoms with Crippen LogP contribution in [0.25, 0.3) is 0 Å². The second kappa shape index (κ2) is 11.4. The Bertz CT molecular complexity index is 441. The number of hydrogen-bond acceptors (Lipinski definition) is 3. The average molecular weight is 367 g/mol. The molecular formula is C20H38N4O2. The first-order valence-corrected chi connectivity index (χ1v) is 10.6. The lowest BCUT2D eigenvalue weighted by Crippen LogP contribution is -2.40. The highest BCUT2D eigenvalue weighted by atomic mass is 16.5. The van der Waals surface area contributed by atoms with Crippen LogP contribution in [0.1, 0.15) is 65.2 Å². The van der Waals surface area contributed by atoms with Gasteiger partial charge in [-0.2, -0.15) is 0 Å². The predicted octanol–water partition coefficient (Wildman–Crippen LogP) is 2.54. The van der Waals surface area contributed by atoms with Crippen molar-refractivity contribution in [3.63, 3.8) is 0 Å². The first kappa shape index (κ1) is 21.0. The van der Waals surface area contributed by atoms with Crippen LogP contribution >= 0.6 is 0 Å². The van der Waals surface area contributed by atoms with E-state index in [1.807, 2.05) is 4.90 Å². The van der Waals surface area contributed by atoms with Gasteiger partial charge in [0.15, 0.2) is 5.96 Å². The van der Waals surface area contributed by atoms with Crippen molar-refractivity contribution < 1.29 is 9.53 Å². The summed E-state index contributed by atoms with van der Waals surface area (Å²) < 4.78 is 5.59. The molecule has 2 rings (SSSR count). The fraction of sp³-hybridized carbons (Fsp3) is 0.900. The summed E-state index contributed by atoms with van der Waals surface area (Å²) in [6.45, 7) is 9.92. The second-order valence-corrected chi connectivity index (χ2v) is 7.61. The molecule has 1 aliphatic heterocycles. The number of carbonyl (C=O) groups excluding carboxylic acids is 1. The van der Waals surface area contributed by atoms with Gasteiger partial charge in [-0.3, -0.25) is 9.79 Å². The monoisotopic (exact) mass is 366 g/mol. The Kier molecular flexibility index (Phi) is 9.23. The van der Waals surface area contributed by atoms with E-state index in [0.717, 1.165) is 64.6 Å². The van der Waals surface area contributed by atoms with Crippen LogP contribution in [0.4, 0.5) is 0 Å². The number of hydrogen-bond donors (Lipinski definition) is 2. The highest BCUT2D eigenvalue weighted by molar-refractivity contribution is 5.81. The Balaban J connectivity index is 1.80. The summed E-state index contributed by atoms with van der Waals surface area (Å²) in [5.41, 5.74) is 0.295. The van der Waals surface area contributed by atoms with E-state index in [4.69, 9.17) is 9.73 Å². The summed E-state index contributed by atoms with van der Waals surface area (Å²) in [6.07, 6.45) is 9.02. The van der Waals surface area contributed by atoms with Crippen LogP contribution in [0.15, 0.2) is 4.99 Å². The summed E-state index contributed by atoms with van der Waals surface area (Å²) in [5, 5.41) is 6.66. The average Bonchev–Trinajstić information content (AvgIpc) is 3.32. The van der Waals surface area contributed by atoms with E-state index in [0.29, 0.717) is 18.4 Å². The third-order valence-electron chi connectivity index (χ3n) is 5.65. The van der Waals surface area contributed by atoms with Gasteiger partial charge < -0.3 is 20.3 Å². The quantitative estimate of drug-likeness (QED) is 0.354. The molecule has 150 valence electrons. The van der Waals surface area contributed by atoms with E-state index < -0.39 is 0 Å². The van der Waals surface area contributed by atoms with Crippen LogP contribution in [0, 0.1) is 5.41 Å². The minimum atomic E-state index is 0.259. The Morgan fingerprint density at radius 2 is 1.85 bits per heavy atom. The molecule has 6 nitrogen and oxygen atoms in total. The van der Waals surface area contributed by atoms with Gasteiger partial charge in [-0.1, -0.05) is 12.8 Å². The molecule has 0 radical (unpaired) electrons. The minimum Gasteiger partial charge on any atom is -0.382 e. The molecule has 1 heterocycles. The van der Waals surface area contributed by atoms with E-state index in [2.05, 4.69) is 24.5 Å². The van der Waals surface area contributed by atoms with Gasteiger partial charge in [0.2, 0.25) is 5.91 Å². The first-order chi connectivity index (χ1) is 12.7. The smallest absolute Gasteiger partial charge is 0.224 e. The first-order valence-electron chi connectivity index (χ1n) is 10.6. The van der Waals surface area contributed by atoms with Crippen molar-refractivity contribution in [2.45, 2.75) is 65.2 Å². The zero-order chi connectivity index (χ0) is 18.7. The Hall–Kier alpha value is -1.30. The predicted molar refractivity (Wildman–Crippen MR) is 106 cm³/mol. The van der Waals surface area contributed by atoms with Gasteiger partial charge >= 0.3 is 0 Å². The molecule has 26 heavy (non-hydrogen) atoms. The van der Waals surface area contributed by atoms with Crippen LogP contribution < -0.4 is 10.6 Å². The van der Waals surface area contributed by atoms with Gasteiger partial charge in [-0.15, -0.1) is 0 Å². The zero-order valence-electron chi connectivity index (χ0n) is 16.8. The van der Waals surface area contributed by atoms with Crippen molar-refractivity contribution in [1.29, 1.82) is 0 Å². The number of rotatable bonds is 10. The van der Waals surface area contributed by atoms with Gasteiger partial charge in [0.25, 0.3) is 0 Å². The molecule has 1 saturated heterocycles. The SMILES string of the molecule is CCNC(=NCC1(CCOCC)CCCC1)NCCC(=O)N1CCCC1. The Labute approximate surface area is 159 Å². The van der Waals surface area contributed by atoms with Crippen molar-refractivity contribution in [2.75, 3.05) is 45.9 Å². The molecule has 6 heteroatoms. The maximum absolute atomic E-state index is 12.2. The third-order valence-corrected chi connectivity index (χ3v) is 5.65. The second-order valence-electron chi connectivity index (χ2n) is 7.61. The molecule has 2 fully saturated rings. The molecule has 0 aromatic carbocycles. The van der Waals surface area contributed by atoms with Crippen molar-refractivity contribution >= 4 is 11.9 Å². The third kappa shape index (κ3) is 6.78. The lowest BCUT2D eigenvalue weighted by Gasteiger charge is -2.27. The molecule has 0 unspecified atom stereocenters. The molecule has 0 atom stereocenters. The summed E-state index contributed by atoms with van der Waals surface area (Å²) in [6, 6.07) is 0. The lowest BCUT2D eigenvalue weighted by atomic mass is 9.83. The van der Waals surface area contributed by atoms with E-state index in [9.17, 15) is 4.79 Å². The van der Waals surface area contributed by atoms with Crippen molar-refractivity contribution in [2.24, 2.45) is 10.4 Å². The van der Waals surface area contributed by atoms with Crippen LogP contribution in [-0.4, -0.2) is 62.7 Å². The lowest BCUT2D eigenvalue weighted by molar-refractivity contribution is -0.129. The molecular weight excluding hydrogens is 328 g/mol. The molecule has 0 aromatic heterocycles. The van der Waals surface area contributed by atoms with E-state index >= 15 is 0 Å². The largest absolute Gasteiger partial charge is 0.382 e. The van der Waals surface area contributed by atoms with Gasteiger partial charge in [0.1, 0.15) is 0 Å². The molecule has 1 amide bonds. The summed E-state index contributed by atoms with van der Waals surface area (Å²) in [5.74, 6) is 1.10. The van der Waals surface area contributed by atoms with Crippen molar-refractivity contribution in [3.05, 3.63) is 0 Å². The number of amides is 1. The van der Waals surface area contributed by atoms with Crippen LogP contribution in [-0.2, 0) is 9.53 Å².